The summed E-state index contributed by atoms with van der Waals surface area (Å²) in [5, 5.41) is 0.924. The summed E-state index contributed by atoms with van der Waals surface area (Å²) in [4.78, 5) is 0. The van der Waals surface area contributed by atoms with Crippen LogP contribution in [0.4, 0.5) is 0 Å². The Morgan fingerprint density at radius 2 is 1.67 bits per heavy atom. The second-order valence-electron chi connectivity index (χ2n) is 4.03. The normalized spacial score (nSPS) is 12.5. The van der Waals surface area contributed by atoms with E-state index in [1.807, 2.05) is 31.2 Å². The first-order chi connectivity index (χ1) is 8.49. The lowest BCUT2D eigenvalue weighted by molar-refractivity contribution is 1.11. The molecule has 18 heavy (non-hydrogen) atoms. The van der Waals surface area contributed by atoms with Gasteiger partial charge in [0.1, 0.15) is 0 Å². The third-order valence-electron chi connectivity index (χ3n) is 2.74. The molecular weight excluding hydrogens is 354 g/mol. The van der Waals surface area contributed by atoms with E-state index in [9.17, 15) is 0 Å². The Hall–Kier alpha value is -0.210. The molecular formula is C14H10BrCl3. The monoisotopic (exact) mass is 362 g/mol. The van der Waals surface area contributed by atoms with E-state index in [-0.39, 0.29) is 5.38 Å². The smallest absolute Gasteiger partial charge is 0.0852 e. The summed E-state index contributed by atoms with van der Waals surface area (Å²) >= 11 is 22.0. The summed E-state index contributed by atoms with van der Waals surface area (Å²) in [6.45, 7) is 2.03. The second-order valence-corrected chi connectivity index (χ2v) is 6.23. The van der Waals surface area contributed by atoms with Gasteiger partial charge in [-0.05, 0) is 47.9 Å². The molecule has 1 unspecified atom stereocenters. The third-order valence-corrected chi connectivity index (χ3v) is 4.27. The van der Waals surface area contributed by atoms with Crippen LogP contribution in [-0.2, 0) is 0 Å². The number of rotatable bonds is 2. The minimum atomic E-state index is -0.275. The zero-order valence-electron chi connectivity index (χ0n) is 9.55. The predicted molar refractivity (Wildman–Crippen MR) is 83.0 cm³/mol. The number of hydrogen-bond acceptors (Lipinski definition) is 0. The fourth-order valence-electron chi connectivity index (χ4n) is 1.80. The van der Waals surface area contributed by atoms with Crippen LogP contribution in [0.3, 0.4) is 0 Å². The van der Waals surface area contributed by atoms with Gasteiger partial charge in [-0.25, -0.2) is 0 Å². The van der Waals surface area contributed by atoms with Crippen molar-refractivity contribution in [1.29, 1.82) is 0 Å². The molecule has 0 N–H and O–H groups in total. The summed E-state index contributed by atoms with van der Waals surface area (Å²) in [7, 11) is 0. The molecule has 4 heteroatoms. The largest absolute Gasteiger partial charge is 0.113 e. The van der Waals surface area contributed by atoms with E-state index in [4.69, 9.17) is 34.8 Å². The van der Waals surface area contributed by atoms with Crippen LogP contribution in [0.1, 0.15) is 22.1 Å². The molecule has 0 saturated heterocycles. The van der Waals surface area contributed by atoms with E-state index in [1.54, 1.807) is 12.1 Å². The Morgan fingerprint density at radius 1 is 1.00 bits per heavy atom. The Balaban J connectivity index is 2.44. The van der Waals surface area contributed by atoms with Crippen LogP contribution in [0.5, 0.6) is 0 Å². The lowest BCUT2D eigenvalue weighted by atomic mass is 10.00. The Labute approximate surface area is 130 Å². The summed E-state index contributed by atoms with van der Waals surface area (Å²) < 4.78 is 1.04. The highest BCUT2D eigenvalue weighted by Crippen LogP contribution is 2.36. The first kappa shape index (κ1) is 14.2. The SMILES string of the molecule is Cc1cc(Br)ccc1C(Cl)c1ccc(Cl)cc1Cl. The van der Waals surface area contributed by atoms with Gasteiger partial charge in [0.05, 0.1) is 5.38 Å². The lowest BCUT2D eigenvalue weighted by Gasteiger charge is -2.15. The number of hydrogen-bond donors (Lipinski definition) is 0. The maximum Gasteiger partial charge on any atom is 0.0852 e. The molecule has 0 fully saturated rings. The standard InChI is InChI=1S/C14H10BrCl3/c1-8-6-9(15)2-4-11(8)14(18)12-5-3-10(16)7-13(12)17/h2-7,14H,1H3. The second kappa shape index (κ2) is 5.83. The van der Waals surface area contributed by atoms with Gasteiger partial charge in [0.15, 0.2) is 0 Å². The first-order valence-corrected chi connectivity index (χ1v) is 7.32. The van der Waals surface area contributed by atoms with Gasteiger partial charge in [0.2, 0.25) is 0 Å². The molecule has 0 spiro atoms. The molecule has 0 aliphatic heterocycles. The predicted octanol–water partition coefficient (Wildman–Crippen LogP) is 6.39. The van der Waals surface area contributed by atoms with Crippen molar-refractivity contribution in [3.63, 3.8) is 0 Å². The van der Waals surface area contributed by atoms with E-state index in [0.717, 1.165) is 21.2 Å². The molecule has 94 valence electrons. The van der Waals surface area contributed by atoms with Crippen molar-refractivity contribution in [1.82, 2.24) is 0 Å². The quantitative estimate of drug-likeness (QED) is 0.541. The van der Waals surface area contributed by atoms with Gasteiger partial charge >= 0.3 is 0 Å². The van der Waals surface area contributed by atoms with Crippen molar-refractivity contribution in [2.75, 3.05) is 0 Å². The molecule has 1 atom stereocenters. The molecule has 2 aromatic carbocycles. The fourth-order valence-corrected chi connectivity index (χ4v) is 3.28. The van der Waals surface area contributed by atoms with Gasteiger partial charge < -0.3 is 0 Å². The molecule has 0 aliphatic carbocycles. The molecule has 2 aromatic rings. The van der Waals surface area contributed by atoms with Crippen molar-refractivity contribution < 1.29 is 0 Å². The van der Waals surface area contributed by atoms with Gasteiger partial charge in [-0.15, -0.1) is 11.6 Å². The molecule has 0 aliphatic rings. The molecule has 0 radical (unpaired) electrons. The van der Waals surface area contributed by atoms with Crippen molar-refractivity contribution >= 4 is 50.7 Å². The summed E-state index contributed by atoms with van der Waals surface area (Å²) in [5.74, 6) is 0. The number of halogens is 4. The highest BCUT2D eigenvalue weighted by molar-refractivity contribution is 9.10. The molecule has 0 nitrogen and oxygen atoms in total. The molecule has 0 bridgehead atoms. The van der Waals surface area contributed by atoms with E-state index in [2.05, 4.69) is 15.9 Å². The van der Waals surface area contributed by atoms with Crippen molar-refractivity contribution in [2.45, 2.75) is 12.3 Å². The van der Waals surface area contributed by atoms with E-state index in [0.29, 0.717) is 10.0 Å². The van der Waals surface area contributed by atoms with Crippen LogP contribution in [0, 0.1) is 6.92 Å². The number of benzene rings is 2. The Morgan fingerprint density at radius 3 is 2.28 bits per heavy atom. The van der Waals surface area contributed by atoms with Crippen LogP contribution in [0.15, 0.2) is 40.9 Å². The average molecular weight is 364 g/mol. The zero-order chi connectivity index (χ0) is 13.3. The molecule has 2 rings (SSSR count). The van der Waals surface area contributed by atoms with Crippen LogP contribution in [0.25, 0.3) is 0 Å². The lowest BCUT2D eigenvalue weighted by Crippen LogP contribution is -1.97. The van der Waals surface area contributed by atoms with Gasteiger partial charge in [0.25, 0.3) is 0 Å². The van der Waals surface area contributed by atoms with Gasteiger partial charge in [-0.3, -0.25) is 0 Å². The minimum Gasteiger partial charge on any atom is -0.113 e. The van der Waals surface area contributed by atoms with Crippen molar-refractivity contribution in [3.8, 4) is 0 Å². The molecule has 0 saturated carbocycles. The van der Waals surface area contributed by atoms with Crippen LogP contribution in [-0.4, -0.2) is 0 Å². The van der Waals surface area contributed by atoms with Crippen LogP contribution in [0.2, 0.25) is 10.0 Å². The maximum atomic E-state index is 6.50. The fraction of sp³-hybridized carbons (Fsp3) is 0.143. The topological polar surface area (TPSA) is 0 Å². The average Bonchev–Trinajstić information content (AvgIpc) is 2.28. The van der Waals surface area contributed by atoms with Gasteiger partial charge in [-0.1, -0.05) is 51.3 Å². The van der Waals surface area contributed by atoms with E-state index >= 15 is 0 Å². The molecule has 0 heterocycles. The Kier molecular flexibility index (Phi) is 4.60. The van der Waals surface area contributed by atoms with Crippen LogP contribution < -0.4 is 0 Å². The maximum absolute atomic E-state index is 6.50. The first-order valence-electron chi connectivity index (χ1n) is 5.34. The van der Waals surface area contributed by atoms with Crippen LogP contribution >= 0.6 is 50.7 Å². The number of aryl methyl sites for hydroxylation is 1. The van der Waals surface area contributed by atoms with E-state index in [1.165, 1.54) is 0 Å². The summed E-state index contributed by atoms with van der Waals surface area (Å²) in [5.41, 5.74) is 3.03. The number of alkyl halides is 1. The summed E-state index contributed by atoms with van der Waals surface area (Å²) in [6.07, 6.45) is 0. The van der Waals surface area contributed by atoms with Gasteiger partial charge in [-0.2, -0.15) is 0 Å². The summed E-state index contributed by atoms with van der Waals surface area (Å²) in [6, 6.07) is 11.4. The van der Waals surface area contributed by atoms with Crippen molar-refractivity contribution in [2.24, 2.45) is 0 Å². The third kappa shape index (κ3) is 3.03. The molecule has 0 aromatic heterocycles. The van der Waals surface area contributed by atoms with Gasteiger partial charge in [0, 0.05) is 14.5 Å². The zero-order valence-corrected chi connectivity index (χ0v) is 13.4. The molecule has 0 amide bonds. The van der Waals surface area contributed by atoms with Crippen molar-refractivity contribution in [3.05, 3.63) is 67.6 Å². The highest BCUT2D eigenvalue weighted by atomic mass is 79.9. The Bertz CT molecular complexity index is 530. The highest BCUT2D eigenvalue weighted by Gasteiger charge is 2.16. The van der Waals surface area contributed by atoms with E-state index < -0.39 is 0 Å². The minimum absolute atomic E-state index is 0.275.